The Bertz CT molecular complexity index is 275. The lowest BCUT2D eigenvalue weighted by molar-refractivity contribution is 0.212. The maximum absolute atomic E-state index is 10.5. The van der Waals surface area contributed by atoms with Crippen LogP contribution in [0.3, 0.4) is 0 Å². The first-order valence-corrected chi connectivity index (χ1v) is 3.81. The van der Waals surface area contributed by atoms with Gasteiger partial charge in [0, 0.05) is 0 Å². The largest absolute Gasteiger partial charge is 0.421 e. The first-order chi connectivity index (χ1) is 4.98. The lowest BCUT2D eigenvalue weighted by atomic mass is 10.7. The third kappa shape index (κ3) is 5.20. The molecule has 0 bridgehead atoms. The molecule has 0 aliphatic heterocycles. The third-order valence-electron chi connectivity index (χ3n) is 0.543. The molecule has 1 amide bonds. The molecule has 62 valence electrons. The Morgan fingerprint density at radius 1 is 1.73 bits per heavy atom. The van der Waals surface area contributed by atoms with Crippen LogP contribution in [0.2, 0.25) is 0 Å². The number of nitrogens with one attached hydrogen (secondary N) is 1. The molecule has 0 saturated carbocycles. The summed E-state index contributed by atoms with van der Waals surface area (Å²) in [4.78, 5) is 9.91. The van der Waals surface area contributed by atoms with Crippen molar-refractivity contribution in [2.75, 3.05) is 6.54 Å². The molecule has 0 aliphatic carbocycles. The minimum absolute atomic E-state index is 0.254. The van der Waals surface area contributed by atoms with Crippen molar-refractivity contribution in [3.05, 3.63) is 0 Å². The quantitative estimate of drug-likeness (QED) is 0.516. The molecule has 0 saturated heterocycles. The summed E-state index contributed by atoms with van der Waals surface area (Å²) >= 11 is 0. The van der Waals surface area contributed by atoms with Crippen LogP contribution in [0.1, 0.15) is 0 Å². The average Bonchev–Trinajstić information content (AvgIpc) is 1.81. The summed E-state index contributed by atoms with van der Waals surface area (Å²) in [6.45, 7) is -0.254. The van der Waals surface area contributed by atoms with Crippen molar-refractivity contribution in [1.29, 1.82) is 0 Å². The van der Waals surface area contributed by atoms with E-state index in [2.05, 4.69) is 9.92 Å². The van der Waals surface area contributed by atoms with Gasteiger partial charge in [-0.1, -0.05) is 5.92 Å². The number of terminal acetylenes is 1. The molecular formula is C4H6N2O4S. The summed E-state index contributed by atoms with van der Waals surface area (Å²) in [5, 5.41) is 0. The molecule has 0 aromatic carbocycles. The smallest absolute Gasteiger partial charge is 0.334 e. The molecule has 0 fully saturated rings. The number of carbonyl (C=O) groups excluding carboxylic acids is 1. The van der Waals surface area contributed by atoms with E-state index >= 15 is 0 Å². The number of amides is 1. The Kier molecular flexibility index (Phi) is 3.36. The van der Waals surface area contributed by atoms with E-state index in [-0.39, 0.29) is 6.54 Å². The number of primary amides is 1. The van der Waals surface area contributed by atoms with Crippen LogP contribution in [-0.4, -0.2) is 21.1 Å². The highest BCUT2D eigenvalue weighted by Crippen LogP contribution is 1.84. The first-order valence-electron chi connectivity index (χ1n) is 2.40. The zero-order valence-corrected chi connectivity index (χ0v) is 6.22. The summed E-state index contributed by atoms with van der Waals surface area (Å²) in [6.07, 6.45) is 3.31. The van der Waals surface area contributed by atoms with E-state index in [1.165, 1.54) is 0 Å². The normalized spacial score (nSPS) is 10.1. The highest BCUT2D eigenvalue weighted by Gasteiger charge is 2.11. The van der Waals surface area contributed by atoms with Crippen LogP contribution < -0.4 is 10.5 Å². The van der Waals surface area contributed by atoms with Gasteiger partial charge in [-0.25, -0.2) is 4.79 Å². The van der Waals surface area contributed by atoms with Gasteiger partial charge in [0.05, 0.1) is 6.54 Å². The minimum Gasteiger partial charge on any atom is -0.334 e. The zero-order chi connectivity index (χ0) is 8.91. The van der Waals surface area contributed by atoms with Crippen LogP contribution >= 0.6 is 0 Å². The van der Waals surface area contributed by atoms with E-state index in [1.807, 2.05) is 5.92 Å². The number of rotatable bonds is 3. The second-order valence-electron chi connectivity index (χ2n) is 1.38. The Balaban J connectivity index is 4.05. The van der Waals surface area contributed by atoms with Crippen LogP contribution in [0, 0.1) is 12.3 Å². The summed E-state index contributed by atoms with van der Waals surface area (Å²) in [7, 11) is -4.11. The van der Waals surface area contributed by atoms with E-state index in [4.69, 9.17) is 6.42 Å². The molecule has 6 nitrogen and oxygen atoms in total. The van der Waals surface area contributed by atoms with Crippen LogP contribution in [0.25, 0.3) is 0 Å². The number of carbonyl (C=O) groups is 1. The SMILES string of the molecule is C#CCNS(=O)(=O)OC(N)=O. The van der Waals surface area contributed by atoms with Crippen molar-refractivity contribution in [2.24, 2.45) is 5.73 Å². The Hall–Kier alpha value is -1.26. The molecule has 0 rings (SSSR count). The lowest BCUT2D eigenvalue weighted by Crippen LogP contribution is -2.30. The standard InChI is InChI=1S/C4H6N2O4S/c1-2-3-6-11(8,9)10-4(5)7/h1,6H,3H2,(H2,5,7). The molecule has 7 heteroatoms. The second-order valence-corrected chi connectivity index (χ2v) is 2.75. The Morgan fingerprint density at radius 3 is 2.64 bits per heavy atom. The van der Waals surface area contributed by atoms with Gasteiger partial charge in [-0.05, 0) is 0 Å². The molecule has 0 atom stereocenters. The van der Waals surface area contributed by atoms with E-state index in [1.54, 1.807) is 4.72 Å². The Labute approximate surface area is 64.0 Å². The first kappa shape index (κ1) is 9.74. The van der Waals surface area contributed by atoms with Crippen LogP contribution in [0.4, 0.5) is 4.79 Å². The average molecular weight is 178 g/mol. The van der Waals surface area contributed by atoms with Crippen molar-refractivity contribution in [1.82, 2.24) is 4.72 Å². The van der Waals surface area contributed by atoms with Gasteiger partial charge in [-0.3, -0.25) is 0 Å². The van der Waals surface area contributed by atoms with Crippen molar-refractivity contribution in [3.8, 4) is 12.3 Å². The van der Waals surface area contributed by atoms with Crippen molar-refractivity contribution in [3.63, 3.8) is 0 Å². The minimum atomic E-state index is -4.11. The molecule has 0 radical (unpaired) electrons. The molecule has 0 spiro atoms. The molecule has 11 heavy (non-hydrogen) atoms. The van der Waals surface area contributed by atoms with Crippen molar-refractivity contribution < 1.29 is 17.4 Å². The van der Waals surface area contributed by atoms with Gasteiger partial charge in [0.1, 0.15) is 0 Å². The predicted molar refractivity (Wildman–Crippen MR) is 36.4 cm³/mol. The molecular weight excluding hydrogens is 172 g/mol. The van der Waals surface area contributed by atoms with Crippen LogP contribution in [0.5, 0.6) is 0 Å². The molecule has 0 aromatic heterocycles. The van der Waals surface area contributed by atoms with E-state index < -0.39 is 16.4 Å². The highest BCUT2D eigenvalue weighted by molar-refractivity contribution is 7.85. The Morgan fingerprint density at radius 2 is 2.27 bits per heavy atom. The van der Waals surface area contributed by atoms with Gasteiger partial charge in [-0.15, -0.1) is 6.42 Å². The summed E-state index contributed by atoms with van der Waals surface area (Å²) < 4.78 is 26.3. The van der Waals surface area contributed by atoms with Gasteiger partial charge >= 0.3 is 16.4 Å². The summed E-state index contributed by atoms with van der Waals surface area (Å²) in [5.74, 6) is 1.97. The molecule has 0 aromatic rings. The van der Waals surface area contributed by atoms with Gasteiger partial charge < -0.3 is 9.92 Å². The molecule has 0 unspecified atom stereocenters. The fourth-order valence-electron chi connectivity index (χ4n) is 0.268. The van der Waals surface area contributed by atoms with Gasteiger partial charge in [-0.2, -0.15) is 13.1 Å². The molecule has 0 aliphatic rings. The lowest BCUT2D eigenvalue weighted by Gasteiger charge is -2.00. The zero-order valence-electron chi connectivity index (χ0n) is 5.40. The molecule has 3 N–H and O–H groups in total. The van der Waals surface area contributed by atoms with Crippen LogP contribution in [-0.2, 0) is 14.5 Å². The number of hydrogen-bond acceptors (Lipinski definition) is 4. The number of hydrogen-bond donors (Lipinski definition) is 2. The maximum atomic E-state index is 10.5. The van der Waals surface area contributed by atoms with Crippen molar-refractivity contribution >= 4 is 16.4 Å². The topological polar surface area (TPSA) is 98.5 Å². The highest BCUT2D eigenvalue weighted by atomic mass is 32.2. The fraction of sp³-hybridized carbons (Fsp3) is 0.250. The second kappa shape index (κ2) is 3.80. The maximum Gasteiger partial charge on any atom is 0.421 e. The van der Waals surface area contributed by atoms with Gasteiger partial charge in [0.2, 0.25) is 0 Å². The van der Waals surface area contributed by atoms with Crippen LogP contribution in [0.15, 0.2) is 0 Å². The third-order valence-corrected chi connectivity index (χ3v) is 1.42. The monoisotopic (exact) mass is 178 g/mol. The fourth-order valence-corrected chi connectivity index (χ4v) is 0.803. The summed E-state index contributed by atoms with van der Waals surface area (Å²) in [5.41, 5.74) is 4.42. The number of nitrogens with two attached hydrogens (primary N) is 1. The van der Waals surface area contributed by atoms with Gasteiger partial charge in [0.25, 0.3) is 0 Å². The van der Waals surface area contributed by atoms with Crippen molar-refractivity contribution in [2.45, 2.75) is 0 Å². The van der Waals surface area contributed by atoms with E-state index in [0.717, 1.165) is 0 Å². The molecule has 0 heterocycles. The summed E-state index contributed by atoms with van der Waals surface area (Å²) in [6, 6.07) is 0. The van der Waals surface area contributed by atoms with E-state index in [9.17, 15) is 13.2 Å². The van der Waals surface area contributed by atoms with Gasteiger partial charge in [0.15, 0.2) is 0 Å². The van der Waals surface area contributed by atoms with E-state index in [0.29, 0.717) is 0 Å². The predicted octanol–water partition coefficient (Wildman–Crippen LogP) is -1.45.